The van der Waals surface area contributed by atoms with Crippen molar-refractivity contribution in [1.29, 1.82) is 0 Å². The van der Waals surface area contributed by atoms with Crippen molar-refractivity contribution in [3.05, 3.63) is 46.1 Å². The number of fused-ring (bicyclic) bond motifs is 1. The number of methoxy groups -OCH3 is 1. The van der Waals surface area contributed by atoms with Gasteiger partial charge in [0.25, 0.3) is 0 Å². The molecule has 28 heavy (non-hydrogen) atoms. The monoisotopic (exact) mass is 421 g/mol. The molecule has 0 aliphatic carbocycles. The molecule has 0 bridgehead atoms. The van der Waals surface area contributed by atoms with E-state index in [1.807, 2.05) is 6.07 Å². The molecule has 0 atom stereocenters. The fourth-order valence-electron chi connectivity index (χ4n) is 3.23. The second-order valence-corrected chi connectivity index (χ2v) is 7.95. The molecule has 3 aromatic rings. The van der Waals surface area contributed by atoms with Crippen molar-refractivity contribution in [3.63, 3.8) is 0 Å². The smallest absolute Gasteiger partial charge is 0.166 e. The van der Waals surface area contributed by atoms with Crippen molar-refractivity contribution in [1.82, 2.24) is 20.3 Å². The lowest BCUT2D eigenvalue weighted by Gasteiger charge is -2.39. The summed E-state index contributed by atoms with van der Waals surface area (Å²) in [6.45, 7) is 4.03. The molecule has 0 saturated carbocycles. The number of aromatic nitrogens is 3. The lowest BCUT2D eigenvalue weighted by molar-refractivity contribution is 0.192. The Labute approximate surface area is 171 Å². The summed E-state index contributed by atoms with van der Waals surface area (Å²) in [7, 11) is 1.61. The highest BCUT2D eigenvalue weighted by molar-refractivity contribution is 6.42. The first kappa shape index (κ1) is 19.1. The van der Waals surface area contributed by atoms with Gasteiger partial charge >= 0.3 is 0 Å². The maximum Gasteiger partial charge on any atom is 0.166 e. The van der Waals surface area contributed by atoms with Gasteiger partial charge in [0.1, 0.15) is 17.6 Å². The van der Waals surface area contributed by atoms with Crippen molar-refractivity contribution in [2.75, 3.05) is 25.5 Å². The Morgan fingerprint density at radius 2 is 2.07 bits per heavy atom. The number of pyridine rings is 1. The summed E-state index contributed by atoms with van der Waals surface area (Å²) in [6, 6.07) is 4.85. The van der Waals surface area contributed by atoms with Crippen molar-refractivity contribution in [2.24, 2.45) is 5.41 Å². The van der Waals surface area contributed by atoms with Crippen LogP contribution in [0, 0.1) is 11.2 Å². The normalized spacial score (nSPS) is 15.3. The number of benzene rings is 1. The van der Waals surface area contributed by atoms with Gasteiger partial charge in [0, 0.05) is 25.6 Å². The average molecular weight is 422 g/mol. The molecule has 0 unspecified atom stereocenters. The molecule has 2 N–H and O–H groups in total. The van der Waals surface area contributed by atoms with Crippen LogP contribution in [0.15, 0.2) is 24.5 Å². The minimum absolute atomic E-state index is 0.118. The molecule has 1 saturated heterocycles. The molecule has 9 heteroatoms. The summed E-state index contributed by atoms with van der Waals surface area (Å²) < 4.78 is 20.0. The van der Waals surface area contributed by atoms with Crippen LogP contribution in [0.5, 0.6) is 5.75 Å². The van der Waals surface area contributed by atoms with E-state index >= 15 is 0 Å². The predicted octanol–water partition coefficient (Wildman–Crippen LogP) is 4.37. The van der Waals surface area contributed by atoms with Gasteiger partial charge in [0.15, 0.2) is 11.6 Å². The Morgan fingerprint density at radius 3 is 2.75 bits per heavy atom. The maximum absolute atomic E-state index is 14.5. The van der Waals surface area contributed by atoms with E-state index < -0.39 is 5.82 Å². The second-order valence-electron chi connectivity index (χ2n) is 7.17. The minimum Gasteiger partial charge on any atom is -0.495 e. The number of hydrogen-bond acceptors (Lipinski definition) is 6. The fourth-order valence-corrected chi connectivity index (χ4v) is 3.54. The van der Waals surface area contributed by atoms with E-state index in [1.165, 1.54) is 18.5 Å². The van der Waals surface area contributed by atoms with Gasteiger partial charge in [-0.15, -0.1) is 0 Å². The number of nitrogens with one attached hydrogen (secondary N) is 2. The Hall–Kier alpha value is -2.22. The highest BCUT2D eigenvalue weighted by atomic mass is 35.5. The molecule has 4 rings (SSSR count). The summed E-state index contributed by atoms with van der Waals surface area (Å²) in [5.41, 5.74) is 2.21. The van der Waals surface area contributed by atoms with Crippen molar-refractivity contribution < 1.29 is 9.13 Å². The van der Waals surface area contributed by atoms with Crippen LogP contribution in [0.1, 0.15) is 12.6 Å². The van der Waals surface area contributed by atoms with Crippen molar-refractivity contribution in [3.8, 4) is 5.75 Å². The molecule has 1 fully saturated rings. The summed E-state index contributed by atoms with van der Waals surface area (Å²) in [4.78, 5) is 13.3. The van der Waals surface area contributed by atoms with E-state index in [2.05, 4.69) is 27.5 Å². The van der Waals surface area contributed by atoms with Crippen molar-refractivity contribution in [2.45, 2.75) is 13.3 Å². The number of nitrogens with zero attached hydrogens (tertiary/aromatic N) is 3. The molecular formula is C19H18Cl2FN5O. The lowest BCUT2D eigenvalue weighted by Crippen LogP contribution is -2.52. The van der Waals surface area contributed by atoms with Gasteiger partial charge in [-0.05, 0) is 17.5 Å². The zero-order valence-corrected chi connectivity index (χ0v) is 16.8. The van der Waals surface area contributed by atoms with E-state index in [9.17, 15) is 4.39 Å². The topological polar surface area (TPSA) is 72.0 Å². The van der Waals surface area contributed by atoms with Crippen LogP contribution in [-0.4, -0.2) is 35.2 Å². The summed E-state index contributed by atoms with van der Waals surface area (Å²) in [6.07, 6.45) is 2.13. The predicted molar refractivity (Wildman–Crippen MR) is 108 cm³/mol. The van der Waals surface area contributed by atoms with Gasteiger partial charge in [0.05, 0.1) is 34.1 Å². The zero-order valence-electron chi connectivity index (χ0n) is 15.3. The van der Waals surface area contributed by atoms with Gasteiger partial charge in [0.2, 0.25) is 0 Å². The molecule has 0 spiro atoms. The summed E-state index contributed by atoms with van der Waals surface area (Å²) >= 11 is 11.8. The zero-order chi connectivity index (χ0) is 19.9. The Kier molecular flexibility index (Phi) is 4.99. The molecule has 0 amide bonds. The molecule has 146 valence electrons. The third kappa shape index (κ3) is 3.45. The first-order valence-corrected chi connectivity index (χ1v) is 9.46. The number of hydrogen-bond donors (Lipinski definition) is 2. The van der Waals surface area contributed by atoms with Crippen molar-refractivity contribution >= 4 is 45.7 Å². The van der Waals surface area contributed by atoms with Crippen LogP contribution in [0.25, 0.3) is 11.0 Å². The van der Waals surface area contributed by atoms with Crippen LogP contribution in [0.4, 0.5) is 15.9 Å². The summed E-state index contributed by atoms with van der Waals surface area (Å²) in [5, 5.41) is 6.24. The van der Waals surface area contributed by atoms with Gasteiger partial charge in [-0.25, -0.2) is 19.3 Å². The van der Waals surface area contributed by atoms with E-state index in [0.29, 0.717) is 22.6 Å². The summed E-state index contributed by atoms with van der Waals surface area (Å²) in [5.74, 6) is 0.400. The number of halogens is 3. The second kappa shape index (κ2) is 7.31. The number of rotatable bonds is 5. The highest BCUT2D eigenvalue weighted by Crippen LogP contribution is 2.35. The molecule has 1 aliphatic heterocycles. The molecule has 6 nitrogen and oxygen atoms in total. The van der Waals surface area contributed by atoms with Gasteiger partial charge in [-0.2, -0.15) is 0 Å². The standard InChI is InChI=1S/C19H18Cl2FN5O/c1-19(7-23-8-19)6-13-14(28-2)5-12-17(26-13)18(25-9-24-12)27-11-4-3-10(20)15(21)16(11)22/h3-5,9,23H,6-8H2,1-2H3,(H,24,25,27). The average Bonchev–Trinajstić information content (AvgIpc) is 2.67. The Morgan fingerprint density at radius 1 is 1.29 bits per heavy atom. The SMILES string of the molecule is COc1cc2ncnc(Nc3ccc(Cl)c(Cl)c3F)c2nc1CC1(C)CNC1. The first-order chi connectivity index (χ1) is 13.4. The first-order valence-electron chi connectivity index (χ1n) is 8.70. The third-order valence-corrected chi connectivity index (χ3v) is 5.64. The van der Waals surface area contributed by atoms with Crippen LogP contribution < -0.4 is 15.4 Å². The minimum atomic E-state index is -0.650. The third-order valence-electron chi connectivity index (χ3n) is 4.86. The lowest BCUT2D eigenvalue weighted by atomic mass is 9.79. The van der Waals surface area contributed by atoms with Crippen LogP contribution >= 0.6 is 23.2 Å². The Bertz CT molecular complexity index is 1060. The molecule has 2 aromatic heterocycles. The molecular weight excluding hydrogens is 404 g/mol. The molecule has 1 aliphatic rings. The fraction of sp³-hybridized carbons (Fsp3) is 0.316. The molecule has 0 radical (unpaired) electrons. The largest absolute Gasteiger partial charge is 0.495 e. The van der Waals surface area contributed by atoms with Crippen LogP contribution in [0.3, 0.4) is 0 Å². The quantitative estimate of drug-likeness (QED) is 0.595. The number of anilines is 2. The van der Waals surface area contributed by atoms with E-state index in [-0.39, 0.29) is 21.1 Å². The van der Waals surface area contributed by atoms with Crippen LogP contribution in [0.2, 0.25) is 10.0 Å². The maximum atomic E-state index is 14.5. The highest BCUT2D eigenvalue weighted by Gasteiger charge is 2.33. The van der Waals surface area contributed by atoms with Gasteiger partial charge in [-0.3, -0.25) is 0 Å². The van der Waals surface area contributed by atoms with Gasteiger partial charge < -0.3 is 15.4 Å². The van der Waals surface area contributed by atoms with Crippen LogP contribution in [-0.2, 0) is 6.42 Å². The van der Waals surface area contributed by atoms with E-state index in [0.717, 1.165) is 25.2 Å². The van der Waals surface area contributed by atoms with E-state index in [4.69, 9.17) is 32.9 Å². The molecule has 3 heterocycles. The van der Waals surface area contributed by atoms with E-state index in [1.54, 1.807) is 7.11 Å². The molecule has 1 aromatic carbocycles. The van der Waals surface area contributed by atoms with Gasteiger partial charge in [-0.1, -0.05) is 30.1 Å². The Balaban J connectivity index is 1.77. The number of ether oxygens (including phenoxy) is 1.